The van der Waals surface area contributed by atoms with E-state index in [-0.39, 0.29) is 18.1 Å². The summed E-state index contributed by atoms with van der Waals surface area (Å²) in [7, 11) is 3.05. The molecule has 7 nitrogen and oxygen atoms in total. The zero-order chi connectivity index (χ0) is 23.8. The summed E-state index contributed by atoms with van der Waals surface area (Å²) in [5, 5.41) is 11.2. The van der Waals surface area contributed by atoms with Crippen LogP contribution in [0.15, 0.2) is 54.4 Å². The molecule has 1 N–H and O–H groups in total. The summed E-state index contributed by atoms with van der Waals surface area (Å²) >= 11 is 1.22. The molecule has 1 amide bonds. The van der Waals surface area contributed by atoms with E-state index in [0.29, 0.717) is 34.2 Å². The van der Waals surface area contributed by atoms with Crippen molar-refractivity contribution in [2.45, 2.75) is 19.4 Å². The Morgan fingerprint density at radius 3 is 2.36 bits per heavy atom. The molecule has 33 heavy (non-hydrogen) atoms. The van der Waals surface area contributed by atoms with Crippen LogP contribution in [0.5, 0.6) is 11.5 Å². The summed E-state index contributed by atoms with van der Waals surface area (Å²) in [5.41, 5.74) is 2.23. The van der Waals surface area contributed by atoms with Gasteiger partial charge in [-0.05, 0) is 30.5 Å². The number of methoxy groups -OCH3 is 2. The van der Waals surface area contributed by atoms with Crippen LogP contribution in [-0.2, 0) is 13.0 Å². The molecule has 0 radical (unpaired) electrons. The number of benzene rings is 2. The number of carboxylic acid groups (broad SMARTS) is 1. The van der Waals surface area contributed by atoms with Gasteiger partial charge in [-0.15, -0.1) is 11.3 Å². The Labute approximate surface area is 196 Å². The van der Waals surface area contributed by atoms with E-state index >= 15 is 0 Å². The first-order valence-electron chi connectivity index (χ1n) is 10.4. The smallest absolute Gasteiger partial charge is 0.355 e. The van der Waals surface area contributed by atoms with E-state index in [1.165, 1.54) is 36.5 Å². The van der Waals surface area contributed by atoms with Gasteiger partial charge in [-0.1, -0.05) is 43.0 Å². The molecule has 0 saturated heterocycles. The van der Waals surface area contributed by atoms with Crippen LogP contribution in [0.3, 0.4) is 0 Å². The lowest BCUT2D eigenvalue weighted by atomic mass is 10.1. The quantitative estimate of drug-likeness (QED) is 0.438. The van der Waals surface area contributed by atoms with E-state index in [2.05, 4.69) is 23.7 Å². The Morgan fingerprint density at radius 2 is 1.82 bits per heavy atom. The third-order valence-corrected chi connectivity index (χ3v) is 5.95. The van der Waals surface area contributed by atoms with E-state index in [4.69, 9.17) is 9.47 Å². The van der Waals surface area contributed by atoms with Gasteiger partial charge in [-0.3, -0.25) is 4.79 Å². The molecule has 0 bridgehead atoms. The fraction of sp³-hybridized carbons (Fsp3) is 0.240. The number of carbonyl (C=O) groups excluding carboxylic acids is 1. The van der Waals surface area contributed by atoms with Crippen LogP contribution < -0.4 is 9.47 Å². The minimum Gasteiger partial charge on any atom is -0.496 e. The maximum atomic E-state index is 13.5. The highest BCUT2D eigenvalue weighted by molar-refractivity contribution is 7.09. The number of nitrogens with zero attached hydrogens (tertiary/aromatic N) is 2. The van der Waals surface area contributed by atoms with Gasteiger partial charge in [0.15, 0.2) is 5.69 Å². The maximum absolute atomic E-state index is 13.5. The number of thiazole rings is 1. The molecule has 1 heterocycles. The van der Waals surface area contributed by atoms with Crippen LogP contribution in [0.1, 0.15) is 43.4 Å². The predicted molar refractivity (Wildman–Crippen MR) is 128 cm³/mol. The number of rotatable bonds is 11. The average Bonchev–Trinajstić information content (AvgIpc) is 3.31. The second-order valence-corrected chi connectivity index (χ2v) is 8.19. The number of aryl methyl sites for hydroxylation is 1. The van der Waals surface area contributed by atoms with E-state index in [1.54, 1.807) is 23.1 Å². The molecule has 1 aromatic heterocycles. The Bertz CT molecular complexity index is 1100. The molecule has 0 atom stereocenters. The number of hydrogen-bond acceptors (Lipinski definition) is 6. The number of aromatic nitrogens is 1. The van der Waals surface area contributed by atoms with Gasteiger partial charge in [0.05, 0.1) is 26.3 Å². The van der Waals surface area contributed by atoms with Gasteiger partial charge in [0.1, 0.15) is 16.5 Å². The number of hydrogen-bond donors (Lipinski definition) is 1. The summed E-state index contributed by atoms with van der Waals surface area (Å²) in [4.78, 5) is 30.6. The standard InChI is InChI=1S/C25H26N2O5S/c1-4-19-21(31-2)13-18(14-22(19)32-3)24(28)27(12-8-11-17-9-6-5-7-10-17)15-23-26-20(16-33-23)25(29)30/h4-7,9-10,13-14,16H,1,8,11-12,15H2,2-3H3,(H,29,30). The molecule has 0 spiro atoms. The highest BCUT2D eigenvalue weighted by Gasteiger charge is 2.22. The van der Waals surface area contributed by atoms with Crippen molar-refractivity contribution < 1.29 is 24.2 Å². The molecular weight excluding hydrogens is 440 g/mol. The van der Waals surface area contributed by atoms with Gasteiger partial charge in [0.25, 0.3) is 5.91 Å². The van der Waals surface area contributed by atoms with E-state index in [0.717, 1.165) is 12.8 Å². The fourth-order valence-electron chi connectivity index (χ4n) is 3.46. The zero-order valence-electron chi connectivity index (χ0n) is 18.6. The summed E-state index contributed by atoms with van der Waals surface area (Å²) in [6.45, 7) is 4.47. The van der Waals surface area contributed by atoms with Crippen molar-refractivity contribution in [2.24, 2.45) is 0 Å². The lowest BCUT2D eigenvalue weighted by Crippen LogP contribution is -2.32. The van der Waals surface area contributed by atoms with Crippen molar-refractivity contribution in [3.8, 4) is 11.5 Å². The number of carboxylic acids is 1. The highest BCUT2D eigenvalue weighted by atomic mass is 32.1. The molecule has 0 fully saturated rings. The minimum absolute atomic E-state index is 0.0228. The predicted octanol–water partition coefficient (Wildman–Crippen LogP) is 4.78. The third-order valence-electron chi connectivity index (χ3n) is 5.12. The van der Waals surface area contributed by atoms with Crippen molar-refractivity contribution in [1.82, 2.24) is 9.88 Å². The van der Waals surface area contributed by atoms with Gasteiger partial charge in [0, 0.05) is 17.5 Å². The van der Waals surface area contributed by atoms with Crippen LogP contribution in [0.25, 0.3) is 6.08 Å². The Hall–Kier alpha value is -3.65. The summed E-state index contributed by atoms with van der Waals surface area (Å²) in [6.07, 6.45) is 3.17. The molecule has 2 aromatic carbocycles. The van der Waals surface area contributed by atoms with Gasteiger partial charge in [-0.2, -0.15) is 0 Å². The van der Waals surface area contributed by atoms with Crippen molar-refractivity contribution in [3.05, 3.63) is 81.8 Å². The number of aromatic carboxylic acids is 1. The lowest BCUT2D eigenvalue weighted by molar-refractivity contribution is 0.0691. The zero-order valence-corrected chi connectivity index (χ0v) is 19.4. The van der Waals surface area contributed by atoms with E-state index in [9.17, 15) is 14.7 Å². The first-order valence-corrected chi connectivity index (χ1v) is 11.2. The normalized spacial score (nSPS) is 10.5. The van der Waals surface area contributed by atoms with Crippen LogP contribution in [0.2, 0.25) is 0 Å². The number of amides is 1. The molecular formula is C25H26N2O5S. The van der Waals surface area contributed by atoms with E-state index in [1.807, 2.05) is 18.2 Å². The van der Waals surface area contributed by atoms with Gasteiger partial charge < -0.3 is 19.5 Å². The Morgan fingerprint density at radius 1 is 1.15 bits per heavy atom. The second kappa shape index (κ2) is 11.3. The molecule has 0 saturated carbocycles. The average molecular weight is 467 g/mol. The monoisotopic (exact) mass is 466 g/mol. The molecule has 8 heteroatoms. The number of ether oxygens (including phenoxy) is 2. The second-order valence-electron chi connectivity index (χ2n) is 7.25. The topological polar surface area (TPSA) is 89.0 Å². The molecule has 3 aromatic rings. The largest absolute Gasteiger partial charge is 0.496 e. The van der Waals surface area contributed by atoms with Crippen LogP contribution in [0.4, 0.5) is 0 Å². The molecule has 0 aliphatic heterocycles. The Balaban J connectivity index is 1.87. The highest BCUT2D eigenvalue weighted by Crippen LogP contribution is 2.32. The van der Waals surface area contributed by atoms with Crippen molar-refractivity contribution >= 4 is 29.3 Å². The minimum atomic E-state index is -1.09. The van der Waals surface area contributed by atoms with Gasteiger partial charge >= 0.3 is 5.97 Å². The van der Waals surface area contributed by atoms with Crippen molar-refractivity contribution in [3.63, 3.8) is 0 Å². The van der Waals surface area contributed by atoms with Crippen LogP contribution >= 0.6 is 11.3 Å². The maximum Gasteiger partial charge on any atom is 0.355 e. The first-order chi connectivity index (χ1) is 16.0. The van der Waals surface area contributed by atoms with E-state index < -0.39 is 5.97 Å². The third kappa shape index (κ3) is 5.98. The molecule has 172 valence electrons. The molecule has 0 aliphatic carbocycles. The number of carbonyl (C=O) groups is 2. The summed E-state index contributed by atoms with van der Waals surface area (Å²) < 4.78 is 10.9. The van der Waals surface area contributed by atoms with Crippen LogP contribution in [0, 0.1) is 0 Å². The van der Waals surface area contributed by atoms with Gasteiger partial charge in [0.2, 0.25) is 0 Å². The molecule has 3 rings (SSSR count). The summed E-state index contributed by atoms with van der Waals surface area (Å²) in [5.74, 6) is -0.338. The molecule has 0 unspecified atom stereocenters. The Kier molecular flexibility index (Phi) is 8.21. The molecule has 0 aliphatic rings. The van der Waals surface area contributed by atoms with Crippen LogP contribution in [-0.4, -0.2) is 47.6 Å². The lowest BCUT2D eigenvalue weighted by Gasteiger charge is -2.23. The van der Waals surface area contributed by atoms with Crippen molar-refractivity contribution in [1.29, 1.82) is 0 Å². The first kappa shape index (κ1) is 24.0. The van der Waals surface area contributed by atoms with Crippen molar-refractivity contribution in [2.75, 3.05) is 20.8 Å². The summed E-state index contributed by atoms with van der Waals surface area (Å²) in [6, 6.07) is 13.4. The van der Waals surface area contributed by atoms with Gasteiger partial charge in [-0.25, -0.2) is 9.78 Å². The fourth-order valence-corrected chi connectivity index (χ4v) is 4.24. The SMILES string of the molecule is C=Cc1c(OC)cc(C(=O)N(CCCc2ccccc2)Cc2nc(C(=O)O)cs2)cc1OC.